The average Bonchev–Trinajstić information content (AvgIpc) is 3.19. The molecule has 5 nitrogen and oxygen atoms in total. The maximum Gasteiger partial charge on any atom is 0.257 e. The molecule has 2 rings (SSSR count). The third kappa shape index (κ3) is 2.79. The first-order valence-electron chi connectivity index (χ1n) is 6.35. The Balaban J connectivity index is 2.21. The molecule has 1 aromatic rings. The lowest BCUT2D eigenvalue weighted by Crippen LogP contribution is -2.36. The lowest BCUT2D eigenvalue weighted by Gasteiger charge is -2.25. The molecule has 0 saturated heterocycles. The fourth-order valence-electron chi connectivity index (χ4n) is 2.02. The first-order chi connectivity index (χ1) is 8.63. The largest absolute Gasteiger partial charge is 0.335 e. The molecule has 1 aliphatic carbocycles. The first-order valence-corrected chi connectivity index (χ1v) is 6.35. The molecule has 98 valence electrons. The van der Waals surface area contributed by atoms with E-state index in [9.17, 15) is 4.79 Å². The first kappa shape index (κ1) is 12.8. The van der Waals surface area contributed by atoms with Crippen LogP contribution in [0.2, 0.25) is 0 Å². The van der Waals surface area contributed by atoms with E-state index in [0.717, 1.165) is 19.4 Å². The minimum Gasteiger partial charge on any atom is -0.335 e. The third-order valence-corrected chi connectivity index (χ3v) is 3.02. The number of nitrogens with one attached hydrogen (secondary N) is 1. The van der Waals surface area contributed by atoms with Gasteiger partial charge in [0, 0.05) is 25.0 Å². The predicted octanol–water partition coefficient (Wildman–Crippen LogP) is 1.63. The molecule has 1 aromatic heterocycles. The Kier molecular flexibility index (Phi) is 3.81. The van der Waals surface area contributed by atoms with Crippen molar-refractivity contribution >= 4 is 11.6 Å². The molecule has 18 heavy (non-hydrogen) atoms. The van der Waals surface area contributed by atoms with Gasteiger partial charge in [0.2, 0.25) is 0 Å². The second-order valence-electron chi connectivity index (χ2n) is 5.15. The number of rotatable bonds is 5. The van der Waals surface area contributed by atoms with Gasteiger partial charge in [-0.05, 0) is 24.8 Å². The fraction of sp³-hybridized carbons (Fsp3) is 0.538. The van der Waals surface area contributed by atoms with Gasteiger partial charge in [-0.3, -0.25) is 15.6 Å². The van der Waals surface area contributed by atoms with Gasteiger partial charge in [-0.25, -0.2) is 0 Å². The van der Waals surface area contributed by atoms with Crippen molar-refractivity contribution in [2.24, 2.45) is 11.8 Å². The molecule has 1 amide bonds. The summed E-state index contributed by atoms with van der Waals surface area (Å²) in [7, 11) is 0. The number of amides is 1. The van der Waals surface area contributed by atoms with Crippen LogP contribution in [0.5, 0.6) is 0 Å². The Morgan fingerprint density at radius 1 is 1.61 bits per heavy atom. The zero-order valence-corrected chi connectivity index (χ0v) is 10.9. The summed E-state index contributed by atoms with van der Waals surface area (Å²) >= 11 is 0. The maximum absolute atomic E-state index is 12.5. The molecule has 1 aliphatic rings. The highest BCUT2D eigenvalue weighted by molar-refractivity contribution is 5.99. The Morgan fingerprint density at radius 3 is 2.89 bits per heavy atom. The summed E-state index contributed by atoms with van der Waals surface area (Å²) in [6, 6.07) is 2.11. The van der Waals surface area contributed by atoms with Gasteiger partial charge in [0.25, 0.3) is 5.91 Å². The van der Waals surface area contributed by atoms with Crippen molar-refractivity contribution < 1.29 is 4.79 Å². The smallest absolute Gasteiger partial charge is 0.257 e. The van der Waals surface area contributed by atoms with Gasteiger partial charge in [0.1, 0.15) is 0 Å². The number of carbonyl (C=O) groups is 1. The van der Waals surface area contributed by atoms with Crippen LogP contribution in [-0.2, 0) is 0 Å². The molecular weight excluding hydrogens is 228 g/mol. The van der Waals surface area contributed by atoms with E-state index in [-0.39, 0.29) is 5.91 Å². The van der Waals surface area contributed by atoms with Crippen LogP contribution in [0.25, 0.3) is 0 Å². The van der Waals surface area contributed by atoms with E-state index in [1.807, 2.05) is 4.90 Å². The van der Waals surface area contributed by atoms with Crippen molar-refractivity contribution in [2.75, 3.05) is 12.0 Å². The van der Waals surface area contributed by atoms with E-state index in [0.29, 0.717) is 23.2 Å². The van der Waals surface area contributed by atoms with Crippen LogP contribution in [0.15, 0.2) is 18.5 Å². The van der Waals surface area contributed by atoms with Crippen molar-refractivity contribution in [3.8, 4) is 0 Å². The minimum absolute atomic E-state index is 0.0206. The van der Waals surface area contributed by atoms with Gasteiger partial charge >= 0.3 is 0 Å². The summed E-state index contributed by atoms with van der Waals surface area (Å²) in [5.41, 5.74) is 3.73. The van der Waals surface area contributed by atoms with Crippen LogP contribution >= 0.6 is 0 Å². The van der Waals surface area contributed by atoms with Gasteiger partial charge in [-0.1, -0.05) is 13.8 Å². The molecule has 3 N–H and O–H groups in total. The van der Waals surface area contributed by atoms with Crippen LogP contribution in [0.3, 0.4) is 0 Å². The Hall–Kier alpha value is -1.62. The highest BCUT2D eigenvalue weighted by Gasteiger charge is 2.34. The molecule has 0 bridgehead atoms. The normalized spacial score (nSPS) is 14.7. The predicted molar refractivity (Wildman–Crippen MR) is 70.9 cm³/mol. The van der Waals surface area contributed by atoms with Crippen molar-refractivity contribution in [3.63, 3.8) is 0 Å². The average molecular weight is 248 g/mol. The number of hydrogen-bond acceptors (Lipinski definition) is 4. The van der Waals surface area contributed by atoms with Crippen LogP contribution in [0.1, 0.15) is 37.0 Å². The maximum atomic E-state index is 12.5. The van der Waals surface area contributed by atoms with Gasteiger partial charge in [0.05, 0.1) is 11.3 Å². The highest BCUT2D eigenvalue weighted by Crippen LogP contribution is 2.30. The molecular formula is C13H20N4O. The van der Waals surface area contributed by atoms with E-state index < -0.39 is 0 Å². The molecule has 0 spiro atoms. The van der Waals surface area contributed by atoms with Gasteiger partial charge in [-0.15, -0.1) is 0 Å². The number of hydrazine groups is 1. The number of nitrogen functional groups attached to an aromatic ring is 1. The number of nitrogens with zero attached hydrogens (tertiary/aromatic N) is 2. The van der Waals surface area contributed by atoms with Crippen molar-refractivity contribution in [1.82, 2.24) is 9.88 Å². The summed E-state index contributed by atoms with van der Waals surface area (Å²) in [4.78, 5) is 18.5. The summed E-state index contributed by atoms with van der Waals surface area (Å²) in [6.45, 7) is 5.02. The zero-order chi connectivity index (χ0) is 13.1. The Morgan fingerprint density at radius 2 is 2.33 bits per heavy atom. The molecule has 0 unspecified atom stereocenters. The standard InChI is InChI=1S/C13H20N4O/c1-9(2)8-17(10-3-4-10)13(18)11-7-15-6-5-12(11)16-14/h5-7,9-10H,3-4,8,14H2,1-2H3,(H,15,16). The van der Waals surface area contributed by atoms with Crippen LogP contribution in [0.4, 0.5) is 5.69 Å². The van der Waals surface area contributed by atoms with E-state index in [4.69, 9.17) is 5.84 Å². The molecule has 1 fully saturated rings. The van der Waals surface area contributed by atoms with Gasteiger partial charge in [0.15, 0.2) is 0 Å². The topological polar surface area (TPSA) is 71.2 Å². The van der Waals surface area contributed by atoms with E-state index >= 15 is 0 Å². The number of aromatic nitrogens is 1. The minimum atomic E-state index is 0.0206. The molecule has 1 saturated carbocycles. The molecule has 0 radical (unpaired) electrons. The second kappa shape index (κ2) is 5.35. The van der Waals surface area contributed by atoms with Gasteiger partial charge < -0.3 is 10.3 Å². The highest BCUT2D eigenvalue weighted by atomic mass is 16.2. The molecule has 5 heteroatoms. The number of anilines is 1. The zero-order valence-electron chi connectivity index (χ0n) is 10.9. The lowest BCUT2D eigenvalue weighted by atomic mass is 10.1. The van der Waals surface area contributed by atoms with Crippen LogP contribution < -0.4 is 11.3 Å². The summed E-state index contributed by atoms with van der Waals surface area (Å²) < 4.78 is 0. The Labute approximate surface area is 107 Å². The molecule has 0 aromatic carbocycles. The number of nitrogens with two attached hydrogens (primary N) is 1. The second-order valence-corrected chi connectivity index (χ2v) is 5.15. The SMILES string of the molecule is CC(C)CN(C(=O)c1cnccc1NN)C1CC1. The molecule has 1 heterocycles. The van der Waals surface area contributed by atoms with E-state index in [1.165, 1.54) is 0 Å². The number of hydrogen-bond donors (Lipinski definition) is 2. The van der Waals surface area contributed by atoms with Gasteiger partial charge in [-0.2, -0.15) is 0 Å². The molecule has 0 atom stereocenters. The van der Waals surface area contributed by atoms with E-state index in [2.05, 4.69) is 24.3 Å². The quantitative estimate of drug-likeness (QED) is 0.613. The van der Waals surface area contributed by atoms with Crippen LogP contribution in [-0.4, -0.2) is 28.4 Å². The van der Waals surface area contributed by atoms with Crippen molar-refractivity contribution in [1.29, 1.82) is 0 Å². The lowest BCUT2D eigenvalue weighted by molar-refractivity contribution is 0.0723. The molecule has 0 aliphatic heterocycles. The van der Waals surface area contributed by atoms with Crippen molar-refractivity contribution in [2.45, 2.75) is 32.7 Å². The fourth-order valence-corrected chi connectivity index (χ4v) is 2.02. The third-order valence-electron chi connectivity index (χ3n) is 3.02. The Bertz CT molecular complexity index is 429. The summed E-state index contributed by atoms with van der Waals surface area (Å²) in [5, 5.41) is 0. The summed E-state index contributed by atoms with van der Waals surface area (Å²) in [5.74, 6) is 5.91. The summed E-state index contributed by atoms with van der Waals surface area (Å²) in [6.07, 6.45) is 5.40. The van der Waals surface area contributed by atoms with Crippen molar-refractivity contribution in [3.05, 3.63) is 24.0 Å². The van der Waals surface area contributed by atoms with Crippen LogP contribution in [0, 0.1) is 5.92 Å². The number of pyridine rings is 1. The monoisotopic (exact) mass is 248 g/mol. The van der Waals surface area contributed by atoms with E-state index in [1.54, 1.807) is 18.5 Å². The number of carbonyl (C=O) groups excluding carboxylic acids is 1.